The van der Waals surface area contributed by atoms with Crippen molar-refractivity contribution in [2.75, 3.05) is 6.44 Å². The van der Waals surface area contributed by atoms with Crippen LogP contribution in [0.3, 0.4) is 0 Å². The Morgan fingerprint density at radius 2 is 2.00 bits per heavy atom. The molecular formula is C14H24BN2OP. The molecule has 1 amide bonds. The summed E-state index contributed by atoms with van der Waals surface area (Å²) in [5.74, 6) is 1.12. The molecule has 1 aromatic rings. The van der Waals surface area contributed by atoms with Gasteiger partial charge >= 0.3 is 0 Å². The number of amides is 1. The third kappa shape index (κ3) is 7.34. The molecular weight excluding hydrogens is 254 g/mol. The van der Waals surface area contributed by atoms with Crippen molar-refractivity contribution in [1.29, 1.82) is 0 Å². The van der Waals surface area contributed by atoms with Gasteiger partial charge in [-0.2, -0.15) is 0 Å². The molecule has 1 fully saturated rings. The van der Waals surface area contributed by atoms with Crippen LogP contribution in [-0.2, 0) is 11.2 Å². The number of carbonyl (C=O) groups is 1. The molecule has 2 rings (SSSR count). The number of carbonyl (C=O) groups excluding carboxylic acids is 1. The average Bonchev–Trinajstić information content (AvgIpc) is 3.20. The van der Waals surface area contributed by atoms with E-state index in [9.17, 15) is 4.79 Å². The van der Waals surface area contributed by atoms with Crippen LogP contribution in [0.4, 0.5) is 0 Å². The van der Waals surface area contributed by atoms with Crippen LogP contribution in [0.2, 0.25) is 0 Å². The highest BCUT2D eigenvalue weighted by atomic mass is 31.0. The summed E-state index contributed by atoms with van der Waals surface area (Å²) in [5.41, 5.74) is 1.16. The van der Waals surface area contributed by atoms with E-state index in [1.54, 1.807) is 0 Å². The second-order valence-electron chi connectivity index (χ2n) is 4.99. The fourth-order valence-corrected chi connectivity index (χ4v) is 1.81. The summed E-state index contributed by atoms with van der Waals surface area (Å²) in [5, 5.41) is 5.74. The summed E-state index contributed by atoms with van der Waals surface area (Å²) in [6.45, 7) is 2.28. The molecule has 3 nitrogen and oxygen atoms in total. The maximum Gasteiger partial charge on any atom is 0.237 e. The standard InChI is InChI=1S/C10H16BN2OP.C4H8/c11-7-12-10(14)9(13-15)6-8-4-2-1-3-5-8;1-4-2-3-4/h1-5,9,13H,6-7,11,15H2,(H,12,14);4H,2-3H2,1H3. The van der Waals surface area contributed by atoms with Crippen LogP contribution in [0.25, 0.3) is 0 Å². The van der Waals surface area contributed by atoms with Crippen LogP contribution in [0.15, 0.2) is 30.3 Å². The molecule has 0 saturated heterocycles. The van der Waals surface area contributed by atoms with Gasteiger partial charge in [0.25, 0.3) is 0 Å². The summed E-state index contributed by atoms with van der Waals surface area (Å²) in [6, 6.07) is 9.79. The molecule has 0 aromatic heterocycles. The van der Waals surface area contributed by atoms with Crippen molar-refractivity contribution in [3.05, 3.63) is 35.9 Å². The number of hydrogen-bond acceptors (Lipinski definition) is 2. The average molecular weight is 278 g/mol. The first-order chi connectivity index (χ1) is 9.17. The van der Waals surface area contributed by atoms with Crippen molar-refractivity contribution in [2.24, 2.45) is 5.92 Å². The van der Waals surface area contributed by atoms with Crippen LogP contribution >= 0.6 is 9.39 Å². The van der Waals surface area contributed by atoms with E-state index in [1.807, 2.05) is 38.2 Å². The normalized spacial score (nSPS) is 15.1. The first kappa shape index (κ1) is 16.2. The van der Waals surface area contributed by atoms with Gasteiger partial charge in [-0.3, -0.25) is 9.88 Å². The minimum absolute atomic E-state index is 0.0383. The third-order valence-corrected chi connectivity index (χ3v) is 3.42. The van der Waals surface area contributed by atoms with Gasteiger partial charge < -0.3 is 5.32 Å². The zero-order valence-electron chi connectivity index (χ0n) is 11.9. The first-order valence-electron chi connectivity index (χ1n) is 6.95. The Morgan fingerprint density at radius 1 is 1.42 bits per heavy atom. The van der Waals surface area contributed by atoms with Gasteiger partial charge in [-0.05, 0) is 24.3 Å². The van der Waals surface area contributed by atoms with Crippen LogP contribution in [0.1, 0.15) is 25.3 Å². The molecule has 0 radical (unpaired) electrons. The monoisotopic (exact) mass is 278 g/mol. The van der Waals surface area contributed by atoms with Gasteiger partial charge in [0.05, 0.1) is 6.04 Å². The first-order valence-corrected chi connectivity index (χ1v) is 7.52. The van der Waals surface area contributed by atoms with Crippen molar-refractivity contribution in [1.82, 2.24) is 10.4 Å². The minimum atomic E-state index is -0.183. The van der Waals surface area contributed by atoms with Gasteiger partial charge in [0.15, 0.2) is 0 Å². The summed E-state index contributed by atoms with van der Waals surface area (Å²) in [7, 11) is 4.31. The Hall–Kier alpha value is -0.855. The van der Waals surface area contributed by atoms with Crippen LogP contribution in [0, 0.1) is 5.92 Å². The number of hydrogen-bond donors (Lipinski definition) is 2. The van der Waals surface area contributed by atoms with E-state index in [-0.39, 0.29) is 11.9 Å². The summed E-state index contributed by atoms with van der Waals surface area (Å²) in [4.78, 5) is 11.6. The topological polar surface area (TPSA) is 41.1 Å². The molecule has 1 aliphatic carbocycles. The van der Waals surface area contributed by atoms with Crippen molar-refractivity contribution >= 4 is 23.1 Å². The number of nitrogens with one attached hydrogen (secondary N) is 2. The Balaban J connectivity index is 0.000000382. The second-order valence-corrected chi connectivity index (χ2v) is 5.32. The van der Waals surface area contributed by atoms with Crippen molar-refractivity contribution in [2.45, 2.75) is 32.2 Å². The van der Waals surface area contributed by atoms with E-state index in [4.69, 9.17) is 0 Å². The Labute approximate surface area is 119 Å². The Kier molecular flexibility index (Phi) is 7.77. The summed E-state index contributed by atoms with van der Waals surface area (Å²) >= 11 is 0. The van der Waals surface area contributed by atoms with Crippen LogP contribution < -0.4 is 10.4 Å². The van der Waals surface area contributed by atoms with E-state index >= 15 is 0 Å². The molecule has 0 heterocycles. The minimum Gasteiger partial charge on any atom is -0.363 e. The fraction of sp³-hybridized carbons (Fsp3) is 0.500. The lowest BCUT2D eigenvalue weighted by Gasteiger charge is -2.15. The Bertz CT molecular complexity index is 371. The summed E-state index contributed by atoms with van der Waals surface area (Å²) < 4.78 is 0. The zero-order valence-corrected chi connectivity index (χ0v) is 13.0. The van der Waals surface area contributed by atoms with Crippen LogP contribution in [0.5, 0.6) is 0 Å². The van der Waals surface area contributed by atoms with E-state index < -0.39 is 0 Å². The smallest absolute Gasteiger partial charge is 0.237 e. The predicted octanol–water partition coefficient (Wildman–Crippen LogP) is 1.10. The Morgan fingerprint density at radius 3 is 2.42 bits per heavy atom. The maximum absolute atomic E-state index is 11.6. The quantitative estimate of drug-likeness (QED) is 0.625. The summed E-state index contributed by atoms with van der Waals surface area (Å²) in [6.07, 6.45) is 4.34. The second kappa shape index (κ2) is 9.11. The van der Waals surface area contributed by atoms with Crippen molar-refractivity contribution in [3.8, 4) is 0 Å². The molecule has 2 N–H and O–H groups in total. The van der Waals surface area contributed by atoms with Gasteiger partial charge in [0, 0.05) is 0 Å². The highest BCUT2D eigenvalue weighted by molar-refractivity contribution is 7.13. The molecule has 104 valence electrons. The molecule has 1 aliphatic rings. The molecule has 5 heteroatoms. The molecule has 0 bridgehead atoms. The fourth-order valence-electron chi connectivity index (χ4n) is 1.54. The number of benzene rings is 1. The van der Waals surface area contributed by atoms with Crippen molar-refractivity contribution < 1.29 is 4.79 Å². The maximum atomic E-state index is 11.6. The molecule has 1 saturated carbocycles. The number of rotatable bonds is 5. The van der Waals surface area contributed by atoms with E-state index in [2.05, 4.69) is 26.7 Å². The van der Waals surface area contributed by atoms with Gasteiger partial charge in [-0.25, -0.2) is 0 Å². The molecule has 1 aromatic carbocycles. The van der Waals surface area contributed by atoms with E-state index in [1.165, 1.54) is 12.8 Å². The lowest BCUT2D eigenvalue weighted by atomic mass is 10.1. The van der Waals surface area contributed by atoms with Crippen molar-refractivity contribution in [3.63, 3.8) is 0 Å². The SMILES string of the molecule is BCNC(=O)C(Cc1ccccc1)NP.CC1CC1. The van der Waals surface area contributed by atoms with Gasteiger partial charge in [0.1, 0.15) is 7.85 Å². The van der Waals surface area contributed by atoms with Crippen LogP contribution in [-0.4, -0.2) is 26.2 Å². The largest absolute Gasteiger partial charge is 0.363 e. The molecule has 19 heavy (non-hydrogen) atoms. The van der Waals surface area contributed by atoms with E-state index in [0.717, 1.165) is 11.5 Å². The lowest BCUT2D eigenvalue weighted by molar-refractivity contribution is -0.122. The van der Waals surface area contributed by atoms with Gasteiger partial charge in [0.2, 0.25) is 5.91 Å². The highest BCUT2D eigenvalue weighted by Gasteiger charge is 2.15. The third-order valence-electron chi connectivity index (χ3n) is 3.02. The lowest BCUT2D eigenvalue weighted by Crippen LogP contribution is -2.42. The zero-order chi connectivity index (χ0) is 14.1. The highest BCUT2D eigenvalue weighted by Crippen LogP contribution is 2.26. The molecule has 2 atom stereocenters. The van der Waals surface area contributed by atoms with Gasteiger partial charge in [-0.15, -0.1) is 0 Å². The van der Waals surface area contributed by atoms with E-state index in [0.29, 0.717) is 12.9 Å². The van der Waals surface area contributed by atoms with Gasteiger partial charge in [-0.1, -0.05) is 59.5 Å². The predicted molar refractivity (Wildman–Crippen MR) is 86.7 cm³/mol. The molecule has 2 unspecified atom stereocenters. The molecule has 0 aliphatic heterocycles. The molecule has 0 spiro atoms.